The Balaban J connectivity index is 0.000000490. The molecule has 4 aromatic rings. The van der Waals surface area contributed by atoms with E-state index in [1.54, 1.807) is 0 Å². The molecule has 0 heterocycles. The monoisotopic (exact) mass is 602 g/mol. The summed E-state index contributed by atoms with van der Waals surface area (Å²) in [6.45, 7) is 7.32. The molecule has 0 aromatic heterocycles. The molecule has 0 spiro atoms. The van der Waals surface area contributed by atoms with Gasteiger partial charge in [-0.1, -0.05) is 36.2 Å². The summed E-state index contributed by atoms with van der Waals surface area (Å²) in [6.07, 6.45) is 11.0. The molecule has 6 rings (SSSR count). The zero-order valence-corrected chi connectivity index (χ0v) is 25.7. The number of hydrogen-bond acceptors (Lipinski definition) is 0. The summed E-state index contributed by atoms with van der Waals surface area (Å²) in [7, 11) is 0. The second kappa shape index (κ2) is 21.2. The molecule has 2 aliphatic carbocycles. The van der Waals surface area contributed by atoms with Gasteiger partial charge < -0.3 is 0 Å². The summed E-state index contributed by atoms with van der Waals surface area (Å²) in [5.41, 5.74) is 8.15. The van der Waals surface area contributed by atoms with Crippen LogP contribution in [0.3, 0.4) is 0 Å². The molecular formula is C32H30Cl2SiZr-4. The second-order valence-electron chi connectivity index (χ2n) is 7.53. The van der Waals surface area contributed by atoms with Gasteiger partial charge in [-0.15, -0.1) is 42.4 Å². The maximum Gasteiger partial charge on any atom is -0.171 e. The molecule has 0 N–H and O–H groups in total. The zero-order chi connectivity index (χ0) is 24.4. The molecule has 0 fully saturated rings. The van der Waals surface area contributed by atoms with E-state index >= 15 is 0 Å². The number of hydrogen-bond donors (Lipinski definition) is 0. The van der Waals surface area contributed by atoms with Gasteiger partial charge in [0.25, 0.3) is 0 Å². The van der Waals surface area contributed by atoms with Gasteiger partial charge in [0.15, 0.2) is 0 Å². The Kier molecular flexibility index (Phi) is 20.0. The Morgan fingerprint density at radius 3 is 1.75 bits per heavy atom. The molecule has 0 atom stereocenters. The molecule has 0 nitrogen and oxygen atoms in total. The Bertz CT molecular complexity index is 1010. The van der Waals surface area contributed by atoms with Crippen LogP contribution in [0.1, 0.15) is 28.7 Å². The number of allylic oxidation sites excluding steroid dienone is 4. The molecule has 0 bridgehead atoms. The maximum atomic E-state index is 3.45. The van der Waals surface area contributed by atoms with E-state index < -0.39 is 0 Å². The van der Waals surface area contributed by atoms with Crippen LogP contribution in [0.25, 0.3) is 11.1 Å². The van der Waals surface area contributed by atoms with Gasteiger partial charge in [0.05, 0.1) is 0 Å². The SMILES string of the molecule is Cc1[c-]c2c(cc1)-c1ccc(C)cc1C2.Cl.Cl.[C-]1=CC=CC1.[Si]=[Zr].[c-]1ccccc1.[c-]1ccccc1. The molecule has 2 radical (unpaired) electrons. The number of rotatable bonds is 0. The van der Waals surface area contributed by atoms with Crippen molar-refractivity contribution in [3.8, 4) is 11.1 Å². The molecule has 0 aliphatic heterocycles. The van der Waals surface area contributed by atoms with Crippen LogP contribution in [-0.4, -0.2) is 6.88 Å². The molecule has 184 valence electrons. The van der Waals surface area contributed by atoms with Gasteiger partial charge in [-0.3, -0.25) is 6.08 Å². The molecule has 4 aromatic carbocycles. The summed E-state index contributed by atoms with van der Waals surface area (Å²) >= 11 is 1.36. The van der Waals surface area contributed by atoms with Gasteiger partial charge in [-0.05, 0) is 18.9 Å². The minimum atomic E-state index is 0. The van der Waals surface area contributed by atoms with Gasteiger partial charge >= 0.3 is 30.2 Å². The van der Waals surface area contributed by atoms with Crippen LogP contribution in [0.2, 0.25) is 0 Å². The first-order valence-corrected chi connectivity index (χ1v) is 15.3. The van der Waals surface area contributed by atoms with Crippen LogP contribution in [-0.2, 0) is 29.8 Å². The Labute approximate surface area is 247 Å². The predicted octanol–water partition coefficient (Wildman–Crippen LogP) is 8.41. The average molecular weight is 605 g/mol. The van der Waals surface area contributed by atoms with Crippen LogP contribution in [0.4, 0.5) is 0 Å². The van der Waals surface area contributed by atoms with Crippen molar-refractivity contribution in [2.45, 2.75) is 26.7 Å². The minimum Gasteiger partial charge on any atom is -0.184 e. The minimum absolute atomic E-state index is 0. The van der Waals surface area contributed by atoms with Gasteiger partial charge in [-0.25, -0.2) is 12.2 Å². The molecule has 0 saturated heterocycles. The summed E-state index contributed by atoms with van der Waals surface area (Å²) in [5.74, 6) is 0. The number of fused-ring (bicyclic) bond motifs is 3. The van der Waals surface area contributed by atoms with Crippen molar-refractivity contribution in [1.82, 2.24) is 0 Å². The fourth-order valence-corrected chi connectivity index (χ4v) is 3.39. The van der Waals surface area contributed by atoms with Gasteiger partial charge in [0.1, 0.15) is 0 Å². The van der Waals surface area contributed by atoms with Crippen molar-refractivity contribution < 1.29 is 23.3 Å². The van der Waals surface area contributed by atoms with E-state index in [1.165, 1.54) is 56.7 Å². The second-order valence-corrected chi connectivity index (χ2v) is 7.53. The van der Waals surface area contributed by atoms with E-state index in [-0.39, 0.29) is 24.8 Å². The van der Waals surface area contributed by atoms with E-state index in [0.29, 0.717) is 0 Å². The van der Waals surface area contributed by atoms with E-state index in [9.17, 15) is 0 Å². The van der Waals surface area contributed by atoms with Crippen molar-refractivity contribution >= 4 is 31.7 Å². The summed E-state index contributed by atoms with van der Waals surface area (Å²) in [5, 5.41) is 0. The first kappa shape index (κ1) is 34.0. The fraction of sp³-hybridized carbons (Fsp3) is 0.125. The van der Waals surface area contributed by atoms with E-state index in [2.05, 4.69) is 81.4 Å². The molecule has 36 heavy (non-hydrogen) atoms. The number of aryl methyl sites for hydroxylation is 2. The molecule has 0 saturated carbocycles. The van der Waals surface area contributed by atoms with Crippen LogP contribution in [0.15, 0.2) is 109 Å². The smallest absolute Gasteiger partial charge is 0.171 e. The number of halogens is 2. The van der Waals surface area contributed by atoms with Crippen molar-refractivity contribution in [1.29, 1.82) is 0 Å². The topological polar surface area (TPSA) is 0 Å². The van der Waals surface area contributed by atoms with Crippen LogP contribution in [0.5, 0.6) is 0 Å². The van der Waals surface area contributed by atoms with Crippen LogP contribution >= 0.6 is 24.8 Å². The fourth-order valence-electron chi connectivity index (χ4n) is 3.39. The molecule has 0 unspecified atom stereocenters. The van der Waals surface area contributed by atoms with Crippen LogP contribution in [0, 0.1) is 38.1 Å². The number of benzene rings is 4. The van der Waals surface area contributed by atoms with Gasteiger partial charge in [0.2, 0.25) is 0 Å². The quantitative estimate of drug-likeness (QED) is 0.123. The van der Waals surface area contributed by atoms with Crippen molar-refractivity contribution in [2.75, 3.05) is 0 Å². The normalized spacial score (nSPS) is 10.4. The van der Waals surface area contributed by atoms with Gasteiger partial charge in [-0.2, -0.15) is 103 Å². The summed E-state index contributed by atoms with van der Waals surface area (Å²) < 4.78 is 0. The third-order valence-corrected chi connectivity index (χ3v) is 4.89. The Hall–Kier alpha value is -1.96. The largest absolute Gasteiger partial charge is 0.184 e. The summed E-state index contributed by atoms with van der Waals surface area (Å²) in [6, 6.07) is 39.5. The van der Waals surface area contributed by atoms with Gasteiger partial charge in [0, 0.05) is 0 Å². The predicted molar refractivity (Wildman–Crippen MR) is 155 cm³/mol. The standard InChI is InChI=1S/C15H13.2C6H5.C5H5.2ClH.Si.Zr/c1-10-3-5-14-12(7-10)9-13-8-11(2)4-6-15(13)14;2*1-2-4-6-5-3-1;1-2-4-5-3-1;;;;/h3-7H,9H2,1-2H3;2*1-5H;1-3H,4H2;2*1H;;/q4*-1;;;;. The van der Waals surface area contributed by atoms with E-state index in [0.717, 1.165) is 12.8 Å². The molecule has 0 amide bonds. The Morgan fingerprint density at radius 1 is 0.750 bits per heavy atom. The van der Waals surface area contributed by atoms with Crippen molar-refractivity contribution in [3.63, 3.8) is 0 Å². The molecule has 2 aliphatic rings. The third-order valence-electron chi connectivity index (χ3n) is 4.89. The van der Waals surface area contributed by atoms with Crippen molar-refractivity contribution in [2.24, 2.45) is 0 Å². The first-order valence-electron chi connectivity index (χ1n) is 11.1. The summed E-state index contributed by atoms with van der Waals surface area (Å²) in [4.78, 5) is 0. The van der Waals surface area contributed by atoms with E-state index in [4.69, 9.17) is 0 Å². The first-order chi connectivity index (χ1) is 16.7. The Morgan fingerprint density at radius 2 is 1.33 bits per heavy atom. The average Bonchev–Trinajstić information content (AvgIpc) is 3.59. The third kappa shape index (κ3) is 12.8. The molecule has 4 heteroatoms. The van der Waals surface area contributed by atoms with Crippen LogP contribution < -0.4 is 0 Å². The van der Waals surface area contributed by atoms with E-state index in [1.807, 2.05) is 72.8 Å². The zero-order valence-electron chi connectivity index (χ0n) is 20.6. The molecular weight excluding hydrogens is 575 g/mol. The van der Waals surface area contributed by atoms with Crippen molar-refractivity contribution in [3.05, 3.63) is 156 Å². The maximum absolute atomic E-state index is 3.45.